The molecule has 0 aliphatic rings. The molecule has 1 aromatic heterocycles. The molecule has 0 aliphatic heterocycles. The molecule has 0 saturated heterocycles. The largest absolute Gasteiger partial charge is 0.388 e. The van der Waals surface area contributed by atoms with Crippen molar-refractivity contribution in [2.75, 3.05) is 0 Å². The first kappa shape index (κ1) is 11.1. The van der Waals surface area contributed by atoms with Gasteiger partial charge < -0.3 is 9.67 Å². The molecule has 0 fully saturated rings. The Hall–Kier alpha value is -1.35. The Morgan fingerprint density at radius 2 is 2.12 bits per heavy atom. The quantitative estimate of drug-likeness (QED) is 0.856. The summed E-state index contributed by atoms with van der Waals surface area (Å²) < 4.78 is 2.13. The molecule has 3 heteroatoms. The molecule has 2 rings (SSSR count). The molecule has 1 atom stereocenters. The summed E-state index contributed by atoms with van der Waals surface area (Å²) >= 11 is 0. The van der Waals surface area contributed by atoms with Crippen LogP contribution in [0.2, 0.25) is 0 Å². The van der Waals surface area contributed by atoms with Gasteiger partial charge in [0.15, 0.2) is 0 Å². The highest BCUT2D eigenvalue weighted by molar-refractivity contribution is 5.75. The van der Waals surface area contributed by atoms with Gasteiger partial charge in [-0.15, -0.1) is 0 Å². The molecule has 1 aromatic carbocycles. The zero-order chi connectivity index (χ0) is 11.5. The van der Waals surface area contributed by atoms with E-state index in [0.717, 1.165) is 29.8 Å². The van der Waals surface area contributed by atoms with Crippen molar-refractivity contribution >= 4 is 11.0 Å². The maximum Gasteiger partial charge on any atom is 0.135 e. The second-order valence-electron chi connectivity index (χ2n) is 4.30. The summed E-state index contributed by atoms with van der Waals surface area (Å²) in [4.78, 5) is 4.43. The Morgan fingerprint density at radius 1 is 1.38 bits per heavy atom. The van der Waals surface area contributed by atoms with Crippen LogP contribution in [0, 0.1) is 5.92 Å². The third-order valence-electron chi connectivity index (χ3n) is 3.07. The molecule has 0 aliphatic carbocycles. The average molecular weight is 218 g/mol. The van der Waals surface area contributed by atoms with Crippen molar-refractivity contribution in [3.63, 3.8) is 0 Å². The van der Waals surface area contributed by atoms with E-state index in [2.05, 4.69) is 29.5 Å². The van der Waals surface area contributed by atoms with Gasteiger partial charge in [-0.2, -0.15) is 0 Å². The number of aliphatic hydroxyl groups excluding tert-OH is 1. The van der Waals surface area contributed by atoms with Crippen LogP contribution in [-0.2, 0) is 13.2 Å². The number of nitrogens with zero attached hydrogens (tertiary/aromatic N) is 2. The number of imidazole rings is 1. The topological polar surface area (TPSA) is 38.0 Å². The molecule has 0 unspecified atom stereocenters. The number of hydrogen-bond donors (Lipinski definition) is 1. The first-order chi connectivity index (χ1) is 7.76. The van der Waals surface area contributed by atoms with Crippen LogP contribution in [-0.4, -0.2) is 14.7 Å². The monoisotopic (exact) mass is 218 g/mol. The predicted molar refractivity (Wildman–Crippen MR) is 65.1 cm³/mol. The van der Waals surface area contributed by atoms with E-state index in [0.29, 0.717) is 5.92 Å². The number of hydrogen-bond acceptors (Lipinski definition) is 2. The van der Waals surface area contributed by atoms with E-state index in [-0.39, 0.29) is 6.61 Å². The van der Waals surface area contributed by atoms with E-state index in [4.69, 9.17) is 0 Å². The summed E-state index contributed by atoms with van der Waals surface area (Å²) in [6.45, 7) is 5.33. The summed E-state index contributed by atoms with van der Waals surface area (Å²) in [5, 5.41) is 9.32. The van der Waals surface area contributed by atoms with Crippen LogP contribution >= 0.6 is 0 Å². The van der Waals surface area contributed by atoms with Gasteiger partial charge in [0.1, 0.15) is 12.4 Å². The first-order valence-corrected chi connectivity index (χ1v) is 5.81. The summed E-state index contributed by atoms with van der Waals surface area (Å²) in [5.41, 5.74) is 2.08. The highest BCUT2D eigenvalue weighted by Crippen LogP contribution is 2.18. The van der Waals surface area contributed by atoms with Crippen LogP contribution in [0.25, 0.3) is 11.0 Å². The van der Waals surface area contributed by atoms with Crippen LogP contribution in [0.15, 0.2) is 24.3 Å². The van der Waals surface area contributed by atoms with Crippen LogP contribution in [0.3, 0.4) is 0 Å². The van der Waals surface area contributed by atoms with Gasteiger partial charge in [-0.3, -0.25) is 0 Å². The third kappa shape index (κ3) is 1.95. The summed E-state index contributed by atoms with van der Waals surface area (Å²) in [5.74, 6) is 1.37. The molecule has 86 valence electrons. The first-order valence-electron chi connectivity index (χ1n) is 5.81. The molecular weight excluding hydrogens is 200 g/mol. The van der Waals surface area contributed by atoms with Crippen molar-refractivity contribution in [2.45, 2.75) is 33.4 Å². The van der Waals surface area contributed by atoms with Gasteiger partial charge >= 0.3 is 0 Å². The number of rotatable bonds is 4. The normalized spacial score (nSPS) is 13.2. The average Bonchev–Trinajstić information content (AvgIpc) is 2.67. The maximum atomic E-state index is 9.32. The molecule has 1 heterocycles. The highest BCUT2D eigenvalue weighted by Gasteiger charge is 2.11. The lowest BCUT2D eigenvalue weighted by atomic mass is 10.1. The highest BCUT2D eigenvalue weighted by atomic mass is 16.3. The Kier molecular flexibility index (Phi) is 3.25. The van der Waals surface area contributed by atoms with Gasteiger partial charge in [-0.1, -0.05) is 32.4 Å². The molecular formula is C13H18N2O. The minimum absolute atomic E-state index is 0.00507. The smallest absolute Gasteiger partial charge is 0.135 e. The third-order valence-corrected chi connectivity index (χ3v) is 3.07. The van der Waals surface area contributed by atoms with Crippen LogP contribution in [0.1, 0.15) is 26.1 Å². The van der Waals surface area contributed by atoms with Crippen molar-refractivity contribution in [3.8, 4) is 0 Å². The van der Waals surface area contributed by atoms with Gasteiger partial charge in [0.05, 0.1) is 11.0 Å². The lowest BCUT2D eigenvalue weighted by Crippen LogP contribution is -2.10. The summed E-state index contributed by atoms with van der Waals surface area (Å²) in [7, 11) is 0. The van der Waals surface area contributed by atoms with E-state index in [9.17, 15) is 5.11 Å². The van der Waals surface area contributed by atoms with E-state index >= 15 is 0 Å². The molecule has 16 heavy (non-hydrogen) atoms. The van der Waals surface area contributed by atoms with E-state index in [1.807, 2.05) is 18.2 Å². The van der Waals surface area contributed by atoms with Crippen molar-refractivity contribution in [1.82, 2.24) is 9.55 Å². The molecule has 1 N–H and O–H groups in total. The lowest BCUT2D eigenvalue weighted by molar-refractivity contribution is 0.263. The summed E-state index contributed by atoms with van der Waals surface area (Å²) in [6.07, 6.45) is 1.14. The van der Waals surface area contributed by atoms with Crippen LogP contribution in [0.5, 0.6) is 0 Å². The Bertz CT molecular complexity index is 476. The van der Waals surface area contributed by atoms with Crippen LogP contribution in [0.4, 0.5) is 0 Å². The lowest BCUT2D eigenvalue weighted by Gasteiger charge is -2.12. The van der Waals surface area contributed by atoms with E-state index in [1.54, 1.807) is 0 Å². The van der Waals surface area contributed by atoms with Crippen molar-refractivity contribution in [1.29, 1.82) is 0 Å². The molecule has 0 radical (unpaired) electrons. The second-order valence-corrected chi connectivity index (χ2v) is 4.30. The minimum Gasteiger partial charge on any atom is -0.388 e. The van der Waals surface area contributed by atoms with E-state index in [1.165, 1.54) is 0 Å². The Balaban J connectivity index is 2.47. The predicted octanol–water partition coefficient (Wildman–Crippen LogP) is 2.57. The Labute approximate surface area is 95.7 Å². The van der Waals surface area contributed by atoms with Crippen molar-refractivity contribution in [3.05, 3.63) is 30.1 Å². The zero-order valence-electron chi connectivity index (χ0n) is 9.85. The molecule has 0 amide bonds. The Morgan fingerprint density at radius 3 is 2.81 bits per heavy atom. The van der Waals surface area contributed by atoms with Gasteiger partial charge in [0, 0.05) is 6.54 Å². The fourth-order valence-electron chi connectivity index (χ4n) is 1.89. The number of para-hydroxylation sites is 2. The maximum absolute atomic E-state index is 9.32. The molecule has 3 nitrogen and oxygen atoms in total. The molecule has 0 spiro atoms. The minimum atomic E-state index is 0.00507. The van der Waals surface area contributed by atoms with Gasteiger partial charge in [-0.05, 0) is 18.1 Å². The fourth-order valence-corrected chi connectivity index (χ4v) is 1.89. The zero-order valence-corrected chi connectivity index (χ0v) is 9.85. The number of aliphatic hydroxyl groups is 1. The molecule has 0 saturated carbocycles. The SMILES string of the molecule is CC[C@@H](C)Cn1c(CO)nc2ccccc21. The summed E-state index contributed by atoms with van der Waals surface area (Å²) in [6, 6.07) is 8.04. The molecule has 0 bridgehead atoms. The number of aromatic nitrogens is 2. The molecule has 2 aromatic rings. The standard InChI is InChI=1S/C13H18N2O/c1-3-10(2)8-15-12-7-5-4-6-11(12)14-13(15)9-16/h4-7,10,16H,3,8-9H2,1-2H3/t10-/m1/s1. The number of benzene rings is 1. The van der Waals surface area contributed by atoms with Gasteiger partial charge in [0.2, 0.25) is 0 Å². The second kappa shape index (κ2) is 4.66. The fraction of sp³-hybridized carbons (Fsp3) is 0.462. The van der Waals surface area contributed by atoms with Crippen LogP contribution < -0.4 is 0 Å². The van der Waals surface area contributed by atoms with Crippen molar-refractivity contribution < 1.29 is 5.11 Å². The van der Waals surface area contributed by atoms with Gasteiger partial charge in [-0.25, -0.2) is 4.98 Å². The number of fused-ring (bicyclic) bond motifs is 1. The van der Waals surface area contributed by atoms with Crippen molar-refractivity contribution in [2.24, 2.45) is 5.92 Å². The van der Waals surface area contributed by atoms with E-state index < -0.39 is 0 Å². The van der Waals surface area contributed by atoms with Gasteiger partial charge in [0.25, 0.3) is 0 Å².